The lowest BCUT2D eigenvalue weighted by atomic mass is 10.1. The Kier molecular flexibility index (Phi) is 26.4. The number of unbranched alkanes of at least 4 members (excludes halogenated alkanes) is 13. The number of quaternary nitrogens is 1. The Balaban J connectivity index is 0. The zero-order valence-corrected chi connectivity index (χ0v) is 23.8. The van der Waals surface area contributed by atoms with Crippen LogP contribution in [0.2, 0.25) is 0 Å². The predicted octanol–water partition coefficient (Wildman–Crippen LogP) is 8.06. The first kappa shape index (κ1) is 35.0. The van der Waals surface area contributed by atoms with Crippen LogP contribution in [0.15, 0.2) is 0 Å². The molecule has 0 rings (SSSR count). The molecular weight excluding hydrogens is 437 g/mol. The maximum atomic E-state index is 11.9. The molecule has 202 valence electrons. The number of hydrogen-bond donors (Lipinski definition) is 0. The van der Waals surface area contributed by atoms with Gasteiger partial charge in [0.15, 0.2) is 0 Å². The van der Waals surface area contributed by atoms with Crippen LogP contribution in [0.25, 0.3) is 0 Å². The molecule has 0 aliphatic carbocycles. The van der Waals surface area contributed by atoms with Gasteiger partial charge in [-0.3, -0.25) is 8.57 Å². The fourth-order valence-corrected chi connectivity index (χ4v) is 5.13. The quantitative estimate of drug-likeness (QED) is 0.0816. The normalized spacial score (nSPS) is 11.9. The number of alkyl halides is 1. The summed E-state index contributed by atoms with van der Waals surface area (Å²) >= 11 is 0. The highest BCUT2D eigenvalue weighted by Crippen LogP contribution is 2.11. The van der Waals surface area contributed by atoms with Gasteiger partial charge in [0.25, 0.3) is 10.1 Å². The molecule has 4 nitrogen and oxygen atoms in total. The van der Waals surface area contributed by atoms with Gasteiger partial charge < -0.3 is 4.48 Å². The van der Waals surface area contributed by atoms with Gasteiger partial charge in [0, 0.05) is 0 Å². The number of nitrogens with zero attached hydrogens (tertiary/aromatic N) is 1. The zero-order chi connectivity index (χ0) is 25.3. The molecule has 0 aliphatic rings. The third kappa shape index (κ3) is 23.3. The monoisotopic (exact) mass is 496 g/mol. The van der Waals surface area contributed by atoms with Crippen molar-refractivity contribution in [2.24, 2.45) is 0 Å². The minimum Gasteiger partial charge on any atom is -0.325 e. The molecule has 0 saturated carbocycles. The fourth-order valence-electron chi connectivity index (χ4n) is 4.08. The largest absolute Gasteiger partial charge is 0.325 e. The van der Waals surface area contributed by atoms with Crippen molar-refractivity contribution in [2.45, 2.75) is 131 Å². The van der Waals surface area contributed by atoms with E-state index < -0.39 is 10.1 Å². The number of halogens is 1. The van der Waals surface area contributed by atoms with Gasteiger partial charge in [0.1, 0.15) is 0 Å². The van der Waals surface area contributed by atoms with Crippen molar-refractivity contribution in [3.05, 3.63) is 0 Å². The van der Waals surface area contributed by atoms with Crippen molar-refractivity contribution in [3.8, 4) is 0 Å². The summed E-state index contributed by atoms with van der Waals surface area (Å²) in [6.45, 7) is 16.5. The summed E-state index contributed by atoms with van der Waals surface area (Å²) in [7, 11) is -3.35. The Bertz CT molecular complexity index is 464. The highest BCUT2D eigenvalue weighted by atomic mass is 32.2. The van der Waals surface area contributed by atoms with Crippen LogP contribution in [-0.2, 0) is 14.3 Å². The van der Waals surface area contributed by atoms with E-state index in [1.165, 1.54) is 75.6 Å². The lowest BCUT2D eigenvalue weighted by Gasteiger charge is -2.34. The van der Waals surface area contributed by atoms with E-state index in [9.17, 15) is 12.8 Å². The molecule has 0 N–H and O–H groups in total. The van der Waals surface area contributed by atoms with Crippen molar-refractivity contribution >= 4 is 10.1 Å². The molecule has 0 fully saturated rings. The molecule has 0 aromatic carbocycles. The van der Waals surface area contributed by atoms with Gasteiger partial charge in [0.05, 0.1) is 45.2 Å². The van der Waals surface area contributed by atoms with Crippen LogP contribution in [0, 0.1) is 0 Å². The molecule has 0 radical (unpaired) electrons. The van der Waals surface area contributed by atoms with Crippen LogP contribution in [0.5, 0.6) is 0 Å². The standard InChI is InChI=1S/C19H39FO3S.C8H20N/c1-2-3-4-5-6-7-9-12-15-18-23-24(21,22)19-16-13-10-8-11-14-17-20;1-5-9(6-2,7-3)8-4/h2-19H2,1H3;5-8H2,1-4H3/q;+1. The van der Waals surface area contributed by atoms with E-state index in [-0.39, 0.29) is 12.4 Å². The molecule has 6 heteroatoms. The SMILES string of the molecule is CCCCCCCCCCCOS(=O)(=O)CCCCCCCCF.CC[N+](CC)(CC)CC. The van der Waals surface area contributed by atoms with Gasteiger partial charge >= 0.3 is 0 Å². The van der Waals surface area contributed by atoms with Crippen molar-refractivity contribution < 1.29 is 21.5 Å². The van der Waals surface area contributed by atoms with E-state index in [1.54, 1.807) is 0 Å². The van der Waals surface area contributed by atoms with Gasteiger partial charge in [-0.15, -0.1) is 0 Å². The maximum Gasteiger partial charge on any atom is 0.267 e. The molecular formula is C27H59FNO3S+. The third-order valence-corrected chi connectivity index (χ3v) is 8.29. The van der Waals surface area contributed by atoms with Gasteiger partial charge in [-0.05, 0) is 47.0 Å². The lowest BCUT2D eigenvalue weighted by molar-refractivity contribution is -0.921. The lowest BCUT2D eigenvalue weighted by Crippen LogP contribution is -2.47. The highest BCUT2D eigenvalue weighted by molar-refractivity contribution is 7.86. The van der Waals surface area contributed by atoms with E-state index in [2.05, 4.69) is 34.6 Å². The van der Waals surface area contributed by atoms with Crippen LogP contribution in [-0.4, -0.2) is 58.1 Å². The van der Waals surface area contributed by atoms with Gasteiger partial charge in [-0.25, -0.2) is 0 Å². The van der Waals surface area contributed by atoms with Crippen molar-refractivity contribution in [1.29, 1.82) is 0 Å². The number of hydrogen-bond acceptors (Lipinski definition) is 3. The van der Waals surface area contributed by atoms with E-state index in [0.717, 1.165) is 38.5 Å². The minimum absolute atomic E-state index is 0.119. The maximum absolute atomic E-state index is 11.9. The molecule has 0 aromatic heterocycles. The molecule has 0 atom stereocenters. The molecule has 33 heavy (non-hydrogen) atoms. The van der Waals surface area contributed by atoms with Gasteiger partial charge in [-0.2, -0.15) is 8.42 Å². The average Bonchev–Trinajstić information content (AvgIpc) is 2.82. The van der Waals surface area contributed by atoms with Gasteiger partial charge in [0.2, 0.25) is 0 Å². The van der Waals surface area contributed by atoms with Crippen molar-refractivity contribution in [1.82, 2.24) is 0 Å². The van der Waals surface area contributed by atoms with Crippen LogP contribution in [0.4, 0.5) is 4.39 Å². The molecule has 0 aromatic rings. The first-order valence-corrected chi connectivity index (χ1v) is 15.7. The molecule has 0 unspecified atom stereocenters. The Morgan fingerprint density at radius 1 is 0.576 bits per heavy atom. The van der Waals surface area contributed by atoms with Gasteiger partial charge in [-0.1, -0.05) is 84.0 Å². The van der Waals surface area contributed by atoms with Crippen LogP contribution >= 0.6 is 0 Å². The summed E-state index contributed by atoms with van der Waals surface area (Å²) < 4.78 is 41.7. The minimum atomic E-state index is -3.35. The fraction of sp³-hybridized carbons (Fsp3) is 1.00. The van der Waals surface area contributed by atoms with Crippen LogP contribution in [0.3, 0.4) is 0 Å². The zero-order valence-electron chi connectivity index (χ0n) is 23.0. The Morgan fingerprint density at radius 3 is 1.36 bits per heavy atom. The molecule has 0 amide bonds. The number of rotatable bonds is 23. The second-order valence-electron chi connectivity index (χ2n) is 9.33. The third-order valence-electron chi connectivity index (χ3n) is 6.97. The smallest absolute Gasteiger partial charge is 0.267 e. The topological polar surface area (TPSA) is 43.4 Å². The summed E-state index contributed by atoms with van der Waals surface area (Å²) in [6, 6.07) is 0. The summed E-state index contributed by atoms with van der Waals surface area (Å²) in [5, 5.41) is 0. The second-order valence-corrected chi connectivity index (χ2v) is 11.1. The molecule has 0 spiro atoms. The molecule has 0 saturated heterocycles. The van der Waals surface area contributed by atoms with E-state index >= 15 is 0 Å². The van der Waals surface area contributed by atoms with Crippen molar-refractivity contribution in [2.75, 3.05) is 45.2 Å². The molecule has 0 aliphatic heterocycles. The first-order valence-electron chi connectivity index (χ1n) is 14.1. The Morgan fingerprint density at radius 2 is 0.970 bits per heavy atom. The van der Waals surface area contributed by atoms with Crippen LogP contribution in [0.1, 0.15) is 131 Å². The Hall–Kier alpha value is -0.200. The van der Waals surface area contributed by atoms with Crippen LogP contribution < -0.4 is 0 Å². The molecule has 0 bridgehead atoms. The van der Waals surface area contributed by atoms with E-state index in [4.69, 9.17) is 4.18 Å². The summed E-state index contributed by atoms with van der Waals surface area (Å²) in [5.74, 6) is 0.119. The van der Waals surface area contributed by atoms with E-state index in [0.29, 0.717) is 19.4 Å². The van der Waals surface area contributed by atoms with E-state index in [1.807, 2.05) is 0 Å². The van der Waals surface area contributed by atoms with Crippen molar-refractivity contribution in [3.63, 3.8) is 0 Å². The average molecular weight is 497 g/mol. The molecule has 0 heterocycles. The summed E-state index contributed by atoms with van der Waals surface area (Å²) in [5.41, 5.74) is 0. The predicted molar refractivity (Wildman–Crippen MR) is 143 cm³/mol. The second kappa shape index (κ2) is 24.9. The summed E-state index contributed by atoms with van der Waals surface area (Å²) in [4.78, 5) is 0. The highest BCUT2D eigenvalue weighted by Gasteiger charge is 2.16. The first-order chi connectivity index (χ1) is 15.9. The Labute approximate surface area is 207 Å². The summed E-state index contributed by atoms with van der Waals surface area (Å²) in [6.07, 6.45) is 15.9.